The second kappa shape index (κ2) is 6.39. The lowest BCUT2D eigenvalue weighted by molar-refractivity contribution is 0.381. The van der Waals surface area contributed by atoms with E-state index in [9.17, 15) is 4.39 Å². The summed E-state index contributed by atoms with van der Waals surface area (Å²) >= 11 is 0. The Morgan fingerprint density at radius 2 is 1.65 bits per heavy atom. The lowest BCUT2D eigenvalue weighted by Gasteiger charge is -2.16. The summed E-state index contributed by atoms with van der Waals surface area (Å²) in [7, 11) is 3.05. The molecule has 0 spiro atoms. The predicted molar refractivity (Wildman–Crippen MR) is 76.6 cm³/mol. The Kier molecular flexibility index (Phi) is 4.58. The van der Waals surface area contributed by atoms with Crippen LogP contribution < -0.4 is 15.2 Å². The van der Waals surface area contributed by atoms with Gasteiger partial charge in [-0.3, -0.25) is 0 Å². The van der Waals surface area contributed by atoms with Crippen LogP contribution in [0.2, 0.25) is 0 Å². The fourth-order valence-electron chi connectivity index (χ4n) is 2.19. The summed E-state index contributed by atoms with van der Waals surface area (Å²) in [6.07, 6.45) is 0.494. The lowest BCUT2D eigenvalue weighted by atomic mass is 9.98. The van der Waals surface area contributed by atoms with E-state index in [1.165, 1.54) is 7.11 Å². The van der Waals surface area contributed by atoms with E-state index in [1.807, 2.05) is 24.3 Å². The summed E-state index contributed by atoms with van der Waals surface area (Å²) in [6.45, 7) is 0. The molecule has 0 aliphatic carbocycles. The molecular weight excluding hydrogens is 257 g/mol. The number of ether oxygens (including phenoxy) is 2. The highest BCUT2D eigenvalue weighted by Gasteiger charge is 2.16. The van der Waals surface area contributed by atoms with Gasteiger partial charge in [0.2, 0.25) is 0 Å². The molecule has 2 N–H and O–H groups in total. The van der Waals surface area contributed by atoms with E-state index >= 15 is 0 Å². The first-order valence-electron chi connectivity index (χ1n) is 6.37. The zero-order chi connectivity index (χ0) is 14.5. The van der Waals surface area contributed by atoms with Gasteiger partial charge in [-0.25, -0.2) is 4.39 Å². The van der Waals surface area contributed by atoms with E-state index in [0.717, 1.165) is 11.3 Å². The van der Waals surface area contributed by atoms with Gasteiger partial charge in [-0.05, 0) is 24.1 Å². The quantitative estimate of drug-likeness (QED) is 0.912. The Hall–Kier alpha value is -2.07. The first-order chi connectivity index (χ1) is 9.67. The van der Waals surface area contributed by atoms with Crippen molar-refractivity contribution in [3.05, 3.63) is 59.4 Å². The van der Waals surface area contributed by atoms with E-state index in [4.69, 9.17) is 15.2 Å². The van der Waals surface area contributed by atoms with E-state index in [0.29, 0.717) is 12.0 Å². The molecule has 0 amide bonds. The molecule has 0 aromatic heterocycles. The summed E-state index contributed by atoms with van der Waals surface area (Å²) in [6, 6.07) is 12.1. The van der Waals surface area contributed by atoms with Crippen molar-refractivity contribution in [1.29, 1.82) is 0 Å². The Labute approximate surface area is 118 Å². The number of benzene rings is 2. The average molecular weight is 275 g/mol. The monoisotopic (exact) mass is 275 g/mol. The molecule has 1 unspecified atom stereocenters. The molecule has 0 bridgehead atoms. The topological polar surface area (TPSA) is 44.5 Å². The van der Waals surface area contributed by atoms with Crippen molar-refractivity contribution >= 4 is 0 Å². The van der Waals surface area contributed by atoms with Crippen molar-refractivity contribution in [2.45, 2.75) is 12.5 Å². The van der Waals surface area contributed by atoms with E-state index in [-0.39, 0.29) is 5.75 Å². The first-order valence-corrected chi connectivity index (χ1v) is 6.37. The van der Waals surface area contributed by atoms with Crippen molar-refractivity contribution in [2.75, 3.05) is 14.2 Å². The van der Waals surface area contributed by atoms with Gasteiger partial charge in [-0.15, -0.1) is 0 Å². The average Bonchev–Trinajstić information content (AvgIpc) is 2.48. The molecule has 0 aliphatic rings. The minimum Gasteiger partial charge on any atom is -0.496 e. The first kappa shape index (κ1) is 14.3. The summed E-state index contributed by atoms with van der Waals surface area (Å²) in [5, 5.41) is 0. The zero-order valence-electron chi connectivity index (χ0n) is 11.6. The van der Waals surface area contributed by atoms with Gasteiger partial charge in [-0.2, -0.15) is 0 Å². The molecule has 0 saturated carbocycles. The third kappa shape index (κ3) is 2.91. The Morgan fingerprint density at radius 3 is 2.35 bits per heavy atom. The van der Waals surface area contributed by atoms with Crippen LogP contribution in [0.4, 0.5) is 4.39 Å². The van der Waals surface area contributed by atoms with Gasteiger partial charge in [-0.1, -0.05) is 30.3 Å². The van der Waals surface area contributed by atoms with Crippen molar-refractivity contribution < 1.29 is 13.9 Å². The van der Waals surface area contributed by atoms with Crippen LogP contribution in [0, 0.1) is 5.82 Å². The van der Waals surface area contributed by atoms with Crippen molar-refractivity contribution in [3.63, 3.8) is 0 Å². The second-order valence-electron chi connectivity index (χ2n) is 4.49. The Morgan fingerprint density at radius 1 is 1.00 bits per heavy atom. The van der Waals surface area contributed by atoms with Crippen LogP contribution in [0.25, 0.3) is 0 Å². The predicted octanol–water partition coefficient (Wildman–Crippen LogP) is 3.09. The molecule has 0 heterocycles. The van der Waals surface area contributed by atoms with Gasteiger partial charge in [0.1, 0.15) is 5.75 Å². The van der Waals surface area contributed by atoms with Crippen LogP contribution >= 0.6 is 0 Å². The molecule has 0 aliphatic heterocycles. The fraction of sp³-hybridized carbons (Fsp3) is 0.250. The fourth-order valence-corrected chi connectivity index (χ4v) is 2.19. The third-order valence-electron chi connectivity index (χ3n) is 3.24. The molecule has 2 rings (SSSR count). The molecular formula is C16H18FNO2. The SMILES string of the molecule is COc1ccccc1CC(N)c1cccc(OC)c1F. The molecule has 3 nitrogen and oxygen atoms in total. The zero-order valence-corrected chi connectivity index (χ0v) is 11.6. The van der Waals surface area contributed by atoms with Crippen LogP contribution in [0.15, 0.2) is 42.5 Å². The van der Waals surface area contributed by atoms with Crippen LogP contribution in [0.3, 0.4) is 0 Å². The molecule has 2 aromatic rings. The summed E-state index contributed by atoms with van der Waals surface area (Å²) in [4.78, 5) is 0. The molecule has 4 heteroatoms. The molecule has 106 valence electrons. The van der Waals surface area contributed by atoms with E-state index in [1.54, 1.807) is 25.3 Å². The number of para-hydroxylation sites is 1. The smallest absolute Gasteiger partial charge is 0.169 e. The van der Waals surface area contributed by atoms with Crippen LogP contribution in [-0.4, -0.2) is 14.2 Å². The number of rotatable bonds is 5. The van der Waals surface area contributed by atoms with Crippen molar-refractivity contribution in [2.24, 2.45) is 5.73 Å². The number of hydrogen-bond donors (Lipinski definition) is 1. The van der Waals surface area contributed by atoms with Crippen LogP contribution in [-0.2, 0) is 6.42 Å². The maximum Gasteiger partial charge on any atom is 0.169 e. The third-order valence-corrected chi connectivity index (χ3v) is 3.24. The van der Waals surface area contributed by atoms with Gasteiger partial charge in [0.05, 0.1) is 14.2 Å². The molecule has 0 saturated heterocycles. The summed E-state index contributed by atoms with van der Waals surface area (Å²) < 4.78 is 24.4. The highest BCUT2D eigenvalue weighted by atomic mass is 19.1. The largest absolute Gasteiger partial charge is 0.496 e. The second-order valence-corrected chi connectivity index (χ2v) is 4.49. The van der Waals surface area contributed by atoms with Crippen LogP contribution in [0.1, 0.15) is 17.2 Å². The maximum atomic E-state index is 14.2. The van der Waals surface area contributed by atoms with E-state index in [2.05, 4.69) is 0 Å². The lowest BCUT2D eigenvalue weighted by Crippen LogP contribution is -2.16. The van der Waals surface area contributed by atoms with E-state index < -0.39 is 11.9 Å². The number of halogens is 1. The number of methoxy groups -OCH3 is 2. The minimum absolute atomic E-state index is 0.206. The summed E-state index contributed by atoms with van der Waals surface area (Å²) in [5.41, 5.74) is 7.51. The van der Waals surface area contributed by atoms with Gasteiger partial charge in [0.15, 0.2) is 11.6 Å². The summed E-state index contributed by atoms with van der Waals surface area (Å²) in [5.74, 6) is 0.557. The minimum atomic E-state index is -0.457. The Balaban J connectivity index is 2.26. The normalized spacial score (nSPS) is 12.0. The number of hydrogen-bond acceptors (Lipinski definition) is 3. The molecule has 2 aromatic carbocycles. The van der Waals surface area contributed by atoms with Gasteiger partial charge >= 0.3 is 0 Å². The molecule has 1 atom stereocenters. The van der Waals surface area contributed by atoms with Crippen molar-refractivity contribution in [1.82, 2.24) is 0 Å². The van der Waals surface area contributed by atoms with Gasteiger partial charge in [0, 0.05) is 11.6 Å². The molecule has 20 heavy (non-hydrogen) atoms. The number of nitrogens with two attached hydrogens (primary N) is 1. The maximum absolute atomic E-state index is 14.2. The van der Waals surface area contributed by atoms with Gasteiger partial charge in [0.25, 0.3) is 0 Å². The van der Waals surface area contributed by atoms with Gasteiger partial charge < -0.3 is 15.2 Å². The molecule has 0 fully saturated rings. The molecule has 0 radical (unpaired) electrons. The Bertz CT molecular complexity index is 586. The highest BCUT2D eigenvalue weighted by molar-refractivity contribution is 5.37. The van der Waals surface area contributed by atoms with Crippen LogP contribution in [0.5, 0.6) is 11.5 Å². The highest BCUT2D eigenvalue weighted by Crippen LogP contribution is 2.28. The standard InChI is InChI=1S/C16H18FNO2/c1-19-14-8-4-3-6-11(14)10-13(18)12-7-5-9-15(20-2)16(12)17/h3-9,13H,10,18H2,1-2H3. The van der Waals surface area contributed by atoms with Crippen molar-refractivity contribution in [3.8, 4) is 11.5 Å².